The van der Waals surface area contributed by atoms with E-state index in [0.717, 1.165) is 0 Å². The first-order chi connectivity index (χ1) is 4.06. The fraction of sp³-hybridized carbons (Fsp3) is 1.00. The minimum atomic E-state index is -1.92. The topological polar surface area (TPSA) is 18.5 Å². The van der Waals surface area contributed by atoms with E-state index in [1.165, 1.54) is 0 Å². The molecule has 0 rings (SSSR count). The van der Waals surface area contributed by atoms with Crippen molar-refractivity contribution in [2.45, 2.75) is 19.5 Å². The zero-order valence-corrected chi connectivity index (χ0v) is 7.96. The lowest BCUT2D eigenvalue weighted by Crippen LogP contribution is -2.00. The molecule has 0 bridgehead atoms. The second kappa shape index (κ2) is 3.67. The molecule has 0 saturated heterocycles. The van der Waals surface area contributed by atoms with Crippen LogP contribution in [-0.4, -0.2) is 19.9 Å². The van der Waals surface area contributed by atoms with E-state index in [2.05, 4.69) is 0 Å². The van der Waals surface area contributed by atoms with Gasteiger partial charge >= 0.3 is 0 Å². The SMILES string of the molecule is COP(=S)(OC)C(C)C. The van der Waals surface area contributed by atoms with Crippen LogP contribution in [-0.2, 0) is 20.9 Å². The first kappa shape index (κ1) is 9.57. The Balaban J connectivity index is 4.11. The molecule has 0 aliphatic rings. The largest absolute Gasteiger partial charge is 0.332 e. The van der Waals surface area contributed by atoms with Gasteiger partial charge in [-0.3, -0.25) is 0 Å². The smallest absolute Gasteiger partial charge is 0.190 e. The molecule has 0 aliphatic carbocycles. The van der Waals surface area contributed by atoms with Gasteiger partial charge in [0.15, 0.2) is 6.49 Å². The lowest BCUT2D eigenvalue weighted by atomic mass is 10.6. The Bertz CT molecular complexity index is 116. The van der Waals surface area contributed by atoms with E-state index >= 15 is 0 Å². The Morgan fingerprint density at radius 2 is 1.56 bits per heavy atom. The molecule has 9 heavy (non-hydrogen) atoms. The Labute approximate surface area is 61.7 Å². The van der Waals surface area contributed by atoms with Gasteiger partial charge < -0.3 is 9.05 Å². The summed E-state index contributed by atoms with van der Waals surface area (Å²) in [7, 11) is 3.20. The average Bonchev–Trinajstić information content (AvgIpc) is 1.86. The maximum atomic E-state index is 5.09. The second-order valence-electron chi connectivity index (χ2n) is 2.00. The fourth-order valence-corrected chi connectivity index (χ4v) is 1.49. The standard InChI is InChI=1S/C5H13O2PS/c1-5(2)8(9,6-3)7-4/h5H,1-4H3. The fourth-order valence-electron chi connectivity index (χ4n) is 0.496. The van der Waals surface area contributed by atoms with Crippen LogP contribution in [0.5, 0.6) is 0 Å². The number of hydrogen-bond acceptors (Lipinski definition) is 3. The summed E-state index contributed by atoms with van der Waals surface area (Å²) in [5.74, 6) is 0. The molecule has 0 aromatic carbocycles. The highest BCUT2D eigenvalue weighted by Gasteiger charge is 2.19. The van der Waals surface area contributed by atoms with Crippen LogP contribution in [0, 0.1) is 0 Å². The number of hydrogen-bond donors (Lipinski definition) is 0. The minimum Gasteiger partial charge on any atom is -0.332 e. The predicted molar refractivity (Wildman–Crippen MR) is 43.4 cm³/mol. The van der Waals surface area contributed by atoms with E-state index in [4.69, 9.17) is 20.9 Å². The van der Waals surface area contributed by atoms with Crippen LogP contribution in [0.25, 0.3) is 0 Å². The van der Waals surface area contributed by atoms with Gasteiger partial charge in [-0.05, 0) is 11.8 Å². The van der Waals surface area contributed by atoms with E-state index in [-0.39, 0.29) is 0 Å². The van der Waals surface area contributed by atoms with Gasteiger partial charge in [0.2, 0.25) is 0 Å². The second-order valence-corrected chi connectivity index (χ2v) is 6.37. The lowest BCUT2D eigenvalue weighted by Gasteiger charge is -2.20. The normalized spacial score (nSPS) is 12.6. The maximum Gasteiger partial charge on any atom is 0.190 e. The summed E-state index contributed by atoms with van der Waals surface area (Å²) in [6, 6.07) is 0. The van der Waals surface area contributed by atoms with Gasteiger partial charge in [-0.2, -0.15) is 0 Å². The van der Waals surface area contributed by atoms with Gasteiger partial charge in [0.25, 0.3) is 0 Å². The van der Waals surface area contributed by atoms with Gasteiger partial charge in [0, 0.05) is 19.9 Å². The van der Waals surface area contributed by atoms with Crippen molar-refractivity contribution >= 4 is 18.3 Å². The Kier molecular flexibility index (Phi) is 3.90. The van der Waals surface area contributed by atoms with E-state index in [1.807, 2.05) is 13.8 Å². The van der Waals surface area contributed by atoms with Gasteiger partial charge in [0.1, 0.15) is 0 Å². The molecule has 0 amide bonds. The summed E-state index contributed by atoms with van der Waals surface area (Å²) in [5, 5.41) is 0. The zero-order chi connectivity index (χ0) is 7.49. The molecular weight excluding hydrogens is 155 g/mol. The molecule has 0 spiro atoms. The molecule has 0 radical (unpaired) electrons. The van der Waals surface area contributed by atoms with Gasteiger partial charge in [-0.1, -0.05) is 13.8 Å². The molecule has 0 N–H and O–H groups in total. The monoisotopic (exact) mass is 168 g/mol. The van der Waals surface area contributed by atoms with E-state index in [1.54, 1.807) is 14.2 Å². The van der Waals surface area contributed by atoms with Crippen LogP contribution >= 0.6 is 6.49 Å². The molecule has 4 heteroatoms. The molecule has 56 valence electrons. The third-order valence-electron chi connectivity index (χ3n) is 1.14. The minimum absolute atomic E-state index is 0.308. The van der Waals surface area contributed by atoms with Crippen molar-refractivity contribution < 1.29 is 9.05 Å². The summed E-state index contributed by atoms with van der Waals surface area (Å²) >= 11 is 5.09. The molecule has 0 aliphatic heterocycles. The van der Waals surface area contributed by atoms with E-state index < -0.39 is 6.49 Å². The van der Waals surface area contributed by atoms with E-state index in [9.17, 15) is 0 Å². The van der Waals surface area contributed by atoms with Crippen LogP contribution in [0.4, 0.5) is 0 Å². The predicted octanol–water partition coefficient (Wildman–Crippen LogP) is 2.00. The van der Waals surface area contributed by atoms with Crippen molar-refractivity contribution in [2.75, 3.05) is 14.2 Å². The first-order valence-corrected chi connectivity index (χ1v) is 5.48. The van der Waals surface area contributed by atoms with Crippen molar-refractivity contribution in [2.24, 2.45) is 0 Å². The molecule has 0 atom stereocenters. The van der Waals surface area contributed by atoms with Crippen LogP contribution in [0.1, 0.15) is 13.8 Å². The maximum absolute atomic E-state index is 5.09. The third-order valence-corrected chi connectivity index (χ3v) is 5.58. The summed E-state index contributed by atoms with van der Waals surface area (Å²) < 4.78 is 10.1. The molecular formula is C5H13O2PS. The van der Waals surface area contributed by atoms with Crippen molar-refractivity contribution in [3.63, 3.8) is 0 Å². The first-order valence-electron chi connectivity index (χ1n) is 2.78. The lowest BCUT2D eigenvalue weighted by molar-refractivity contribution is 0.331. The average molecular weight is 168 g/mol. The quantitative estimate of drug-likeness (QED) is 0.600. The molecule has 0 aromatic rings. The Morgan fingerprint density at radius 3 is 1.56 bits per heavy atom. The van der Waals surface area contributed by atoms with E-state index in [0.29, 0.717) is 5.66 Å². The highest BCUT2D eigenvalue weighted by Crippen LogP contribution is 2.51. The Morgan fingerprint density at radius 1 is 1.22 bits per heavy atom. The molecule has 0 heterocycles. The molecule has 0 unspecified atom stereocenters. The van der Waals surface area contributed by atoms with Crippen LogP contribution in [0.3, 0.4) is 0 Å². The van der Waals surface area contributed by atoms with Crippen molar-refractivity contribution in [3.05, 3.63) is 0 Å². The van der Waals surface area contributed by atoms with Crippen LogP contribution < -0.4 is 0 Å². The van der Waals surface area contributed by atoms with Crippen molar-refractivity contribution in [3.8, 4) is 0 Å². The van der Waals surface area contributed by atoms with Crippen LogP contribution in [0.2, 0.25) is 0 Å². The molecule has 0 saturated carbocycles. The summed E-state index contributed by atoms with van der Waals surface area (Å²) in [6.45, 7) is 2.10. The highest BCUT2D eigenvalue weighted by atomic mass is 32.5. The van der Waals surface area contributed by atoms with Crippen molar-refractivity contribution in [1.29, 1.82) is 0 Å². The summed E-state index contributed by atoms with van der Waals surface area (Å²) in [5.41, 5.74) is 0.308. The Hall–Kier alpha value is 0.570. The summed E-state index contributed by atoms with van der Waals surface area (Å²) in [6.07, 6.45) is 0. The van der Waals surface area contributed by atoms with Gasteiger partial charge in [-0.25, -0.2) is 0 Å². The molecule has 0 fully saturated rings. The zero-order valence-electron chi connectivity index (χ0n) is 6.25. The van der Waals surface area contributed by atoms with Crippen LogP contribution in [0.15, 0.2) is 0 Å². The molecule has 2 nitrogen and oxygen atoms in total. The number of rotatable bonds is 3. The summed E-state index contributed by atoms with van der Waals surface area (Å²) in [4.78, 5) is 0. The highest BCUT2D eigenvalue weighted by molar-refractivity contribution is 8.10. The van der Waals surface area contributed by atoms with Crippen molar-refractivity contribution in [1.82, 2.24) is 0 Å². The van der Waals surface area contributed by atoms with Gasteiger partial charge in [-0.15, -0.1) is 0 Å². The van der Waals surface area contributed by atoms with Gasteiger partial charge in [0.05, 0.1) is 0 Å². The third kappa shape index (κ3) is 2.34. The molecule has 0 aromatic heterocycles.